The molecule has 5 unspecified atom stereocenters. The number of hydrogen-bond acceptors (Lipinski definition) is 11. The predicted octanol–water partition coefficient (Wildman–Crippen LogP) is 9.05. The zero-order chi connectivity index (χ0) is 42.2. The van der Waals surface area contributed by atoms with E-state index in [2.05, 4.69) is 36.6 Å². The lowest BCUT2D eigenvalue weighted by molar-refractivity contribution is -0.161. The molecule has 0 aliphatic rings. The SMILES string of the molecule is CCCCC/C=C/CC(O)/C=C/C=C/C=C/C(O)CCCC(=O)OC(COC(=O)CCCCCCC/C=C\CCCCCCCC)COP(=O)(O)OCC(O)CO. The molecule has 0 spiro atoms. The minimum Gasteiger partial charge on any atom is -0.462 e. The summed E-state index contributed by atoms with van der Waals surface area (Å²) in [6.45, 7) is 2.01. The Hall–Kier alpha value is -2.41. The van der Waals surface area contributed by atoms with Crippen molar-refractivity contribution in [3.8, 4) is 0 Å². The number of allylic oxidation sites excluding steroid dienone is 7. The van der Waals surface area contributed by atoms with Gasteiger partial charge in [0.1, 0.15) is 12.7 Å². The number of hydrogen-bond donors (Lipinski definition) is 5. The maximum Gasteiger partial charge on any atom is 0.472 e. The first kappa shape index (κ1) is 54.6. The Morgan fingerprint density at radius 2 is 1.11 bits per heavy atom. The fraction of sp³-hybridized carbons (Fsp3) is 0.727. The first-order valence-corrected chi connectivity index (χ1v) is 23.0. The van der Waals surface area contributed by atoms with Crippen LogP contribution in [0.3, 0.4) is 0 Å². The summed E-state index contributed by atoms with van der Waals surface area (Å²) in [5.41, 5.74) is 0. The topological polar surface area (TPSA) is 189 Å². The van der Waals surface area contributed by atoms with Crippen molar-refractivity contribution in [3.05, 3.63) is 60.8 Å². The monoisotopic (exact) mass is 829 g/mol. The number of phosphoric acid groups is 1. The summed E-state index contributed by atoms with van der Waals surface area (Å²) in [6, 6.07) is 0. The molecule has 0 rings (SSSR count). The zero-order valence-corrected chi connectivity index (χ0v) is 35.9. The summed E-state index contributed by atoms with van der Waals surface area (Å²) in [5.74, 6) is -1.18. The van der Waals surface area contributed by atoms with Crippen molar-refractivity contribution in [2.45, 2.75) is 180 Å². The van der Waals surface area contributed by atoms with Gasteiger partial charge in [-0.15, -0.1) is 0 Å². The third-order valence-corrected chi connectivity index (χ3v) is 9.79. The van der Waals surface area contributed by atoms with Crippen molar-refractivity contribution in [3.63, 3.8) is 0 Å². The Balaban J connectivity index is 4.60. The van der Waals surface area contributed by atoms with Crippen molar-refractivity contribution in [1.29, 1.82) is 0 Å². The normalized spacial score (nSPS) is 15.6. The van der Waals surface area contributed by atoms with E-state index < -0.39 is 70.6 Å². The Labute approximate surface area is 343 Å². The van der Waals surface area contributed by atoms with E-state index in [1.165, 1.54) is 51.4 Å². The summed E-state index contributed by atoms with van der Waals surface area (Å²) >= 11 is 0. The fourth-order valence-electron chi connectivity index (χ4n) is 5.42. The number of unbranched alkanes of at least 4 members (excludes halogenated alkanes) is 14. The van der Waals surface area contributed by atoms with Gasteiger partial charge in [-0.05, 0) is 64.2 Å². The summed E-state index contributed by atoms with van der Waals surface area (Å²) in [7, 11) is -4.69. The molecule has 0 radical (unpaired) electrons. The summed E-state index contributed by atoms with van der Waals surface area (Å²) in [6.07, 6.45) is 35.3. The summed E-state index contributed by atoms with van der Waals surface area (Å²) < 4.78 is 32.5. The van der Waals surface area contributed by atoms with Gasteiger partial charge >= 0.3 is 19.8 Å². The van der Waals surface area contributed by atoms with Crippen molar-refractivity contribution in [1.82, 2.24) is 0 Å². The molecule has 0 saturated carbocycles. The molecule has 5 atom stereocenters. The molecule has 0 fully saturated rings. The largest absolute Gasteiger partial charge is 0.472 e. The Kier molecular flexibility index (Phi) is 37.4. The molecule has 0 aromatic rings. The van der Waals surface area contributed by atoms with Gasteiger partial charge in [-0.1, -0.05) is 139 Å². The lowest BCUT2D eigenvalue weighted by Crippen LogP contribution is -2.30. The van der Waals surface area contributed by atoms with Gasteiger partial charge in [0.25, 0.3) is 0 Å². The van der Waals surface area contributed by atoms with E-state index in [4.69, 9.17) is 19.1 Å². The number of esters is 2. The second-order valence-corrected chi connectivity index (χ2v) is 15.9. The van der Waals surface area contributed by atoms with Crippen LogP contribution in [0.25, 0.3) is 0 Å². The van der Waals surface area contributed by atoms with E-state index in [-0.39, 0.29) is 25.7 Å². The van der Waals surface area contributed by atoms with Gasteiger partial charge in [0.2, 0.25) is 0 Å². The van der Waals surface area contributed by atoms with Gasteiger partial charge in [-0.2, -0.15) is 0 Å². The number of phosphoric ester groups is 1. The maximum atomic E-state index is 12.6. The first-order chi connectivity index (χ1) is 27.5. The van der Waals surface area contributed by atoms with E-state index >= 15 is 0 Å². The highest BCUT2D eigenvalue weighted by Crippen LogP contribution is 2.43. The molecular formula is C44H77O12P. The van der Waals surface area contributed by atoms with Crippen LogP contribution in [0.1, 0.15) is 155 Å². The Morgan fingerprint density at radius 1 is 0.596 bits per heavy atom. The second-order valence-electron chi connectivity index (χ2n) is 14.4. The average Bonchev–Trinajstić information content (AvgIpc) is 3.19. The lowest BCUT2D eigenvalue weighted by atomic mass is 10.1. The Morgan fingerprint density at radius 3 is 1.74 bits per heavy atom. The molecule has 12 nitrogen and oxygen atoms in total. The Bertz CT molecular complexity index is 1170. The predicted molar refractivity (Wildman–Crippen MR) is 226 cm³/mol. The highest BCUT2D eigenvalue weighted by molar-refractivity contribution is 7.47. The van der Waals surface area contributed by atoms with Gasteiger partial charge in [0.05, 0.1) is 32.0 Å². The van der Waals surface area contributed by atoms with Crippen LogP contribution in [0.5, 0.6) is 0 Å². The number of ether oxygens (including phenoxy) is 2. The molecule has 0 aliphatic heterocycles. The van der Waals surface area contributed by atoms with Crippen molar-refractivity contribution < 1.29 is 58.0 Å². The van der Waals surface area contributed by atoms with E-state index in [1.54, 1.807) is 36.5 Å². The number of aliphatic hydroxyl groups excluding tert-OH is 4. The lowest BCUT2D eigenvalue weighted by Gasteiger charge is -2.20. The zero-order valence-electron chi connectivity index (χ0n) is 35.0. The fourth-order valence-corrected chi connectivity index (χ4v) is 6.21. The minimum atomic E-state index is -4.69. The number of rotatable bonds is 39. The minimum absolute atomic E-state index is 0.0796. The van der Waals surface area contributed by atoms with Crippen LogP contribution in [0, 0.1) is 0 Å². The molecule has 0 heterocycles. The van der Waals surface area contributed by atoms with Gasteiger partial charge in [-0.3, -0.25) is 18.6 Å². The first-order valence-electron chi connectivity index (χ1n) is 21.5. The molecule has 5 N–H and O–H groups in total. The molecule has 0 saturated heterocycles. The van der Waals surface area contributed by atoms with Crippen molar-refractivity contribution in [2.75, 3.05) is 26.4 Å². The highest BCUT2D eigenvalue weighted by Gasteiger charge is 2.27. The van der Waals surface area contributed by atoms with Crippen LogP contribution < -0.4 is 0 Å². The average molecular weight is 829 g/mol. The van der Waals surface area contributed by atoms with Crippen LogP contribution in [-0.2, 0) is 32.7 Å². The standard InChI is InChI=1S/C44H77O12P/c1-3-5-7-9-11-12-13-14-15-16-17-18-19-21-27-33-43(49)53-37-42(38-55-57(51,52)54-36-41(48)35-45)56-44(50)34-28-32-40(47)31-26-23-22-25-30-39(46)29-24-20-10-8-6-4-2/h14-15,20,22-26,30-31,39-42,45-48H,3-13,16-19,21,27-29,32-38H2,1-2H3,(H,51,52)/b15-14-,23-22+,24-20+,30-25+,31-26+. The van der Waals surface area contributed by atoms with Crippen LogP contribution in [-0.4, -0.2) is 88.1 Å². The van der Waals surface area contributed by atoms with Crippen LogP contribution in [0.2, 0.25) is 0 Å². The molecule has 0 bridgehead atoms. The van der Waals surface area contributed by atoms with Gasteiger partial charge in [0.15, 0.2) is 6.10 Å². The van der Waals surface area contributed by atoms with Crippen molar-refractivity contribution >= 4 is 19.8 Å². The maximum absolute atomic E-state index is 12.6. The van der Waals surface area contributed by atoms with Crippen LogP contribution in [0.15, 0.2) is 60.8 Å². The molecular weight excluding hydrogens is 751 g/mol. The van der Waals surface area contributed by atoms with Crippen LogP contribution in [0.4, 0.5) is 0 Å². The molecule has 330 valence electrons. The van der Waals surface area contributed by atoms with E-state index in [9.17, 15) is 34.4 Å². The third kappa shape index (κ3) is 38.9. The molecule has 0 aliphatic carbocycles. The van der Waals surface area contributed by atoms with E-state index in [0.29, 0.717) is 12.8 Å². The van der Waals surface area contributed by atoms with E-state index in [0.717, 1.165) is 51.4 Å². The quantitative estimate of drug-likeness (QED) is 0.0130. The van der Waals surface area contributed by atoms with E-state index in [1.807, 2.05) is 6.08 Å². The smallest absolute Gasteiger partial charge is 0.462 e. The van der Waals surface area contributed by atoms with Gasteiger partial charge in [-0.25, -0.2) is 4.57 Å². The number of carbonyl (C=O) groups is 2. The molecule has 0 aromatic carbocycles. The second kappa shape index (κ2) is 39.1. The molecule has 13 heteroatoms. The highest BCUT2D eigenvalue weighted by atomic mass is 31.2. The number of aliphatic hydroxyl groups is 4. The molecule has 57 heavy (non-hydrogen) atoms. The molecule has 0 amide bonds. The summed E-state index contributed by atoms with van der Waals surface area (Å²) in [5, 5.41) is 38.6. The number of carbonyl (C=O) groups excluding carboxylic acids is 2. The molecule has 0 aromatic heterocycles. The summed E-state index contributed by atoms with van der Waals surface area (Å²) in [4.78, 5) is 35.0. The van der Waals surface area contributed by atoms with Gasteiger partial charge in [0, 0.05) is 12.8 Å². The van der Waals surface area contributed by atoms with Gasteiger partial charge < -0.3 is 34.8 Å². The van der Waals surface area contributed by atoms with Crippen LogP contribution >= 0.6 is 7.82 Å². The third-order valence-electron chi connectivity index (χ3n) is 8.83. The van der Waals surface area contributed by atoms with Crippen molar-refractivity contribution in [2.24, 2.45) is 0 Å².